The zero-order valence-electron chi connectivity index (χ0n) is 17.8. The van der Waals surface area contributed by atoms with Gasteiger partial charge in [0.1, 0.15) is 11.4 Å². The molecule has 11 heteroatoms. The first kappa shape index (κ1) is 23.5. The molecule has 1 aliphatic heterocycles. The van der Waals surface area contributed by atoms with Crippen LogP contribution in [0.2, 0.25) is 0 Å². The molecule has 34 heavy (non-hydrogen) atoms. The first-order valence-corrected chi connectivity index (χ1v) is 10.4. The van der Waals surface area contributed by atoms with Gasteiger partial charge in [-0.2, -0.15) is 4.68 Å². The van der Waals surface area contributed by atoms with Crippen molar-refractivity contribution in [2.75, 3.05) is 13.2 Å². The van der Waals surface area contributed by atoms with E-state index < -0.39 is 24.5 Å². The Kier molecular flexibility index (Phi) is 6.94. The second kappa shape index (κ2) is 10.1. The van der Waals surface area contributed by atoms with Crippen molar-refractivity contribution < 1.29 is 32.5 Å². The van der Waals surface area contributed by atoms with Crippen LogP contribution in [0.4, 0.5) is 18.0 Å². The molecule has 8 nitrogen and oxygen atoms in total. The van der Waals surface area contributed by atoms with Crippen molar-refractivity contribution in [1.29, 1.82) is 0 Å². The third-order valence-corrected chi connectivity index (χ3v) is 5.06. The van der Waals surface area contributed by atoms with Gasteiger partial charge in [-0.15, -0.1) is 18.3 Å². The van der Waals surface area contributed by atoms with Gasteiger partial charge in [-0.25, -0.2) is 4.79 Å². The summed E-state index contributed by atoms with van der Waals surface area (Å²) in [4.78, 5) is 14.5. The van der Waals surface area contributed by atoms with Crippen LogP contribution in [-0.2, 0) is 11.3 Å². The van der Waals surface area contributed by atoms with Gasteiger partial charge in [-0.1, -0.05) is 47.7 Å². The van der Waals surface area contributed by atoms with Gasteiger partial charge in [0.25, 0.3) is 0 Å². The lowest BCUT2D eigenvalue weighted by Crippen LogP contribution is -2.49. The number of carbonyl (C=O) groups excluding carboxylic acids is 1. The fourth-order valence-electron chi connectivity index (χ4n) is 3.44. The molecule has 2 atom stereocenters. The summed E-state index contributed by atoms with van der Waals surface area (Å²) in [6, 6.07) is 13.7. The number of benzene rings is 2. The predicted molar refractivity (Wildman–Crippen MR) is 115 cm³/mol. The Hall–Kier alpha value is -3.70. The van der Waals surface area contributed by atoms with Gasteiger partial charge < -0.3 is 19.5 Å². The Bertz CT molecular complexity index is 1130. The van der Waals surface area contributed by atoms with Crippen molar-refractivity contribution in [1.82, 2.24) is 19.9 Å². The summed E-state index contributed by atoms with van der Waals surface area (Å²) in [5.74, 6) is -0.368. The average molecular weight is 474 g/mol. The fraction of sp³-hybridized carbons (Fsp3) is 0.261. The molecule has 4 rings (SSSR count). The van der Waals surface area contributed by atoms with Crippen molar-refractivity contribution in [3.63, 3.8) is 0 Å². The summed E-state index contributed by atoms with van der Waals surface area (Å²) in [5.41, 5.74) is 1.74. The van der Waals surface area contributed by atoms with Crippen LogP contribution in [0.1, 0.15) is 5.56 Å². The number of hydrogen-bond acceptors (Lipinski definition) is 6. The lowest BCUT2D eigenvalue weighted by Gasteiger charge is -2.33. The molecule has 0 radical (unpaired) electrons. The summed E-state index contributed by atoms with van der Waals surface area (Å²) in [6.07, 6.45) is -0.940. The molecule has 1 N–H and O–H groups in total. The highest BCUT2D eigenvalue weighted by atomic mass is 19.4. The van der Waals surface area contributed by atoms with E-state index in [1.54, 1.807) is 12.2 Å². The van der Waals surface area contributed by atoms with Crippen molar-refractivity contribution >= 4 is 6.03 Å². The third-order valence-electron chi connectivity index (χ3n) is 5.06. The summed E-state index contributed by atoms with van der Waals surface area (Å²) in [5, 5.41) is 17.8. The summed E-state index contributed by atoms with van der Waals surface area (Å²) >= 11 is 0. The van der Waals surface area contributed by atoms with E-state index in [4.69, 9.17) is 4.74 Å². The largest absolute Gasteiger partial charge is 0.573 e. The number of aliphatic hydroxyl groups is 1. The van der Waals surface area contributed by atoms with Crippen LogP contribution in [0.5, 0.6) is 5.75 Å². The van der Waals surface area contributed by atoms with Crippen LogP contribution in [-0.4, -0.2) is 62.7 Å². The van der Waals surface area contributed by atoms with Crippen LogP contribution >= 0.6 is 0 Å². The van der Waals surface area contributed by atoms with E-state index in [2.05, 4.69) is 15.0 Å². The molecular weight excluding hydrogens is 453 g/mol. The van der Waals surface area contributed by atoms with E-state index in [0.717, 1.165) is 22.4 Å². The van der Waals surface area contributed by atoms with Crippen molar-refractivity contribution in [3.8, 4) is 17.0 Å². The molecule has 0 unspecified atom stereocenters. The molecule has 2 heterocycles. The van der Waals surface area contributed by atoms with E-state index in [-0.39, 0.29) is 24.6 Å². The SMILES string of the molecule is O=C(N1C[C@H](O)C=C[C@@H]1COCc1ccccc1)n1cc(-c2ccc(OC(F)(F)F)cc2)nn1. The maximum absolute atomic E-state index is 13.1. The Morgan fingerprint density at radius 1 is 1.09 bits per heavy atom. The van der Waals surface area contributed by atoms with Gasteiger partial charge in [0.2, 0.25) is 0 Å². The molecule has 178 valence electrons. The maximum Gasteiger partial charge on any atom is 0.573 e. The van der Waals surface area contributed by atoms with Gasteiger partial charge in [-0.05, 0) is 29.8 Å². The number of amides is 1. The van der Waals surface area contributed by atoms with Crippen molar-refractivity contribution in [3.05, 3.63) is 78.5 Å². The lowest BCUT2D eigenvalue weighted by atomic mass is 10.1. The van der Waals surface area contributed by atoms with Crippen LogP contribution in [0, 0.1) is 0 Å². The minimum absolute atomic E-state index is 0.0490. The first-order chi connectivity index (χ1) is 16.3. The monoisotopic (exact) mass is 474 g/mol. The quantitative estimate of drug-likeness (QED) is 0.549. The normalized spacial score (nSPS) is 18.2. The number of ether oxygens (including phenoxy) is 2. The van der Waals surface area contributed by atoms with Crippen molar-refractivity contribution in [2.45, 2.75) is 25.1 Å². The van der Waals surface area contributed by atoms with E-state index in [1.165, 1.54) is 23.2 Å². The van der Waals surface area contributed by atoms with Gasteiger partial charge in [0.05, 0.1) is 38.1 Å². The summed E-state index contributed by atoms with van der Waals surface area (Å²) in [6.45, 7) is 0.636. The molecule has 2 aromatic carbocycles. The lowest BCUT2D eigenvalue weighted by molar-refractivity contribution is -0.274. The van der Waals surface area contributed by atoms with Gasteiger partial charge >= 0.3 is 12.4 Å². The molecule has 0 saturated heterocycles. The van der Waals surface area contributed by atoms with Crippen LogP contribution in [0.25, 0.3) is 11.3 Å². The zero-order valence-corrected chi connectivity index (χ0v) is 17.8. The van der Waals surface area contributed by atoms with Gasteiger partial charge in [0.15, 0.2) is 0 Å². The molecule has 0 aliphatic carbocycles. The number of nitrogens with zero attached hydrogens (tertiary/aromatic N) is 4. The maximum atomic E-state index is 13.1. The van der Waals surface area contributed by atoms with Gasteiger partial charge in [0, 0.05) is 5.56 Å². The molecule has 0 bridgehead atoms. The molecular formula is C23H21F3N4O4. The van der Waals surface area contributed by atoms with Crippen LogP contribution in [0.3, 0.4) is 0 Å². The molecule has 0 fully saturated rings. The Morgan fingerprint density at radius 2 is 1.82 bits per heavy atom. The van der Waals surface area contributed by atoms with E-state index in [1.807, 2.05) is 30.3 Å². The van der Waals surface area contributed by atoms with Gasteiger partial charge in [-0.3, -0.25) is 0 Å². The number of alkyl halides is 3. The molecule has 0 saturated carbocycles. The number of aromatic nitrogens is 3. The summed E-state index contributed by atoms with van der Waals surface area (Å²) < 4.78 is 47.6. The number of hydrogen-bond donors (Lipinski definition) is 1. The highest BCUT2D eigenvalue weighted by Gasteiger charge is 2.31. The number of aliphatic hydroxyl groups excluding tert-OH is 1. The fourth-order valence-corrected chi connectivity index (χ4v) is 3.44. The smallest absolute Gasteiger partial charge is 0.406 e. The minimum atomic E-state index is -4.79. The van der Waals surface area contributed by atoms with Crippen LogP contribution < -0.4 is 4.74 Å². The Morgan fingerprint density at radius 3 is 2.53 bits per heavy atom. The third kappa shape index (κ3) is 6.00. The Labute approximate surface area is 192 Å². The number of β-amino-alcohol motifs (C(OH)–C–C–N with tert-alkyl or cyclic N) is 1. The zero-order chi connectivity index (χ0) is 24.1. The Balaban J connectivity index is 1.43. The molecule has 1 aliphatic rings. The second-order valence-electron chi connectivity index (χ2n) is 7.58. The van der Waals surface area contributed by atoms with E-state index >= 15 is 0 Å². The number of rotatable bonds is 6. The standard InChI is InChI=1S/C23H21F3N4O4/c24-23(25,26)34-20-10-6-17(7-11-20)21-13-30(28-27-21)22(32)29-12-19(31)9-8-18(29)15-33-14-16-4-2-1-3-5-16/h1-11,13,18-19,31H,12,14-15H2/t18-,19-/m1/s1. The number of halogens is 3. The van der Waals surface area contributed by atoms with Crippen molar-refractivity contribution in [2.24, 2.45) is 0 Å². The van der Waals surface area contributed by atoms with Crippen LogP contribution in [0.15, 0.2) is 72.9 Å². The molecule has 3 aromatic rings. The molecule has 1 aromatic heterocycles. The van der Waals surface area contributed by atoms with E-state index in [9.17, 15) is 23.1 Å². The highest BCUT2D eigenvalue weighted by Crippen LogP contribution is 2.25. The topological polar surface area (TPSA) is 89.7 Å². The first-order valence-electron chi connectivity index (χ1n) is 10.4. The molecule has 0 spiro atoms. The highest BCUT2D eigenvalue weighted by molar-refractivity contribution is 5.78. The summed E-state index contributed by atoms with van der Waals surface area (Å²) in [7, 11) is 0. The number of carbonyl (C=O) groups is 1. The average Bonchev–Trinajstić information content (AvgIpc) is 3.30. The predicted octanol–water partition coefficient (Wildman–Crippen LogP) is 3.63. The van der Waals surface area contributed by atoms with E-state index in [0.29, 0.717) is 12.2 Å². The molecule has 1 amide bonds. The second-order valence-corrected chi connectivity index (χ2v) is 7.58. The minimum Gasteiger partial charge on any atom is -0.406 e.